The Morgan fingerprint density at radius 2 is 1.90 bits per heavy atom. The highest BCUT2D eigenvalue weighted by Gasteiger charge is 2.34. The zero-order valence-electron chi connectivity index (χ0n) is 18.3. The molecular formula is C25H29NO4S. The molecular weight excluding hydrogens is 410 g/mol. The Balaban J connectivity index is 1.62. The summed E-state index contributed by atoms with van der Waals surface area (Å²) in [5.74, 6) is 0.487. The lowest BCUT2D eigenvalue weighted by molar-refractivity contribution is -0.133. The summed E-state index contributed by atoms with van der Waals surface area (Å²) in [7, 11) is -3.10. The van der Waals surface area contributed by atoms with Crippen LogP contribution in [0, 0.1) is 6.92 Å². The number of hydrogen-bond acceptors (Lipinski definition) is 4. The zero-order chi connectivity index (χ0) is 22.2. The zero-order valence-corrected chi connectivity index (χ0v) is 19.1. The van der Waals surface area contributed by atoms with Crippen LogP contribution in [-0.2, 0) is 27.6 Å². The lowest BCUT2D eigenvalue weighted by atomic mass is 9.99. The number of benzene rings is 2. The van der Waals surface area contributed by atoms with Gasteiger partial charge in [-0.2, -0.15) is 0 Å². The Hall–Kier alpha value is -2.60. The maximum absolute atomic E-state index is 13.4. The predicted octanol–water partition coefficient (Wildman–Crippen LogP) is 4.62. The van der Waals surface area contributed by atoms with Crippen LogP contribution >= 0.6 is 0 Å². The number of furan rings is 1. The van der Waals surface area contributed by atoms with Crippen LogP contribution in [-0.4, -0.2) is 36.8 Å². The molecule has 0 radical (unpaired) electrons. The molecule has 6 heteroatoms. The number of carbonyl (C=O) groups is 1. The number of sulfone groups is 1. The van der Waals surface area contributed by atoms with Gasteiger partial charge in [-0.3, -0.25) is 4.79 Å². The van der Waals surface area contributed by atoms with E-state index in [1.165, 1.54) is 5.56 Å². The Morgan fingerprint density at radius 3 is 2.55 bits per heavy atom. The van der Waals surface area contributed by atoms with Gasteiger partial charge in [0.2, 0.25) is 5.91 Å². The monoisotopic (exact) mass is 439 g/mol. The van der Waals surface area contributed by atoms with Gasteiger partial charge in [0.25, 0.3) is 0 Å². The highest BCUT2D eigenvalue weighted by atomic mass is 32.2. The first-order valence-electron chi connectivity index (χ1n) is 10.8. The van der Waals surface area contributed by atoms with Crippen molar-refractivity contribution in [3.05, 3.63) is 71.0 Å². The number of aryl methyl sites for hydroxylation is 1. The normalized spacial score (nSPS) is 18.0. The number of hydrogen-bond donors (Lipinski definition) is 0. The fourth-order valence-electron chi connectivity index (χ4n) is 4.19. The van der Waals surface area contributed by atoms with E-state index in [0.29, 0.717) is 18.9 Å². The maximum Gasteiger partial charge on any atom is 0.227 e. The van der Waals surface area contributed by atoms with Gasteiger partial charge in [-0.25, -0.2) is 8.42 Å². The molecule has 5 nitrogen and oxygen atoms in total. The van der Waals surface area contributed by atoms with Crippen LogP contribution in [0.25, 0.3) is 11.0 Å². The summed E-state index contributed by atoms with van der Waals surface area (Å²) in [4.78, 5) is 15.2. The Bertz CT molecular complexity index is 1190. The first-order valence-corrected chi connectivity index (χ1v) is 12.6. The minimum Gasteiger partial charge on any atom is -0.464 e. The minimum absolute atomic E-state index is 0.0359. The average molecular weight is 440 g/mol. The molecule has 3 aromatic rings. The van der Waals surface area contributed by atoms with Crippen molar-refractivity contribution in [2.75, 3.05) is 11.5 Å². The smallest absolute Gasteiger partial charge is 0.227 e. The summed E-state index contributed by atoms with van der Waals surface area (Å²) < 4.78 is 29.9. The molecule has 0 N–H and O–H groups in total. The second-order valence-electron chi connectivity index (χ2n) is 8.91. The second kappa shape index (κ2) is 8.50. The van der Waals surface area contributed by atoms with E-state index in [9.17, 15) is 13.2 Å². The molecule has 1 aliphatic heterocycles. The quantitative estimate of drug-likeness (QED) is 0.562. The average Bonchev–Trinajstić information content (AvgIpc) is 3.29. The van der Waals surface area contributed by atoms with Crippen LogP contribution in [0.3, 0.4) is 0 Å². The predicted molar refractivity (Wildman–Crippen MR) is 123 cm³/mol. The molecule has 1 fully saturated rings. The van der Waals surface area contributed by atoms with Crippen LogP contribution in [0.1, 0.15) is 48.4 Å². The van der Waals surface area contributed by atoms with Gasteiger partial charge >= 0.3 is 0 Å². The lowest BCUT2D eigenvalue weighted by Gasteiger charge is -2.28. The molecule has 1 aliphatic rings. The third-order valence-corrected chi connectivity index (χ3v) is 7.88. The van der Waals surface area contributed by atoms with Crippen molar-refractivity contribution in [1.82, 2.24) is 4.90 Å². The van der Waals surface area contributed by atoms with Crippen LogP contribution in [0.2, 0.25) is 0 Å². The molecule has 1 amide bonds. The van der Waals surface area contributed by atoms with E-state index in [1.807, 2.05) is 37.3 Å². The molecule has 1 aromatic heterocycles. The van der Waals surface area contributed by atoms with Gasteiger partial charge in [0.15, 0.2) is 9.84 Å². The fourth-order valence-corrected chi connectivity index (χ4v) is 5.92. The molecule has 1 unspecified atom stereocenters. The van der Waals surface area contributed by atoms with Gasteiger partial charge in [0.1, 0.15) is 5.58 Å². The van der Waals surface area contributed by atoms with Crippen LogP contribution in [0.15, 0.2) is 53.1 Å². The summed E-state index contributed by atoms with van der Waals surface area (Å²) >= 11 is 0. The van der Waals surface area contributed by atoms with Gasteiger partial charge in [-0.15, -0.1) is 0 Å². The van der Waals surface area contributed by atoms with Gasteiger partial charge in [-0.05, 0) is 42.5 Å². The largest absolute Gasteiger partial charge is 0.464 e. The van der Waals surface area contributed by atoms with E-state index in [4.69, 9.17) is 4.42 Å². The van der Waals surface area contributed by atoms with Crippen molar-refractivity contribution in [3.63, 3.8) is 0 Å². The number of carbonyl (C=O) groups excluding carboxylic acids is 1. The van der Waals surface area contributed by atoms with Gasteiger partial charge in [-0.1, -0.05) is 49.7 Å². The fraction of sp³-hybridized carbons (Fsp3) is 0.400. The molecule has 31 heavy (non-hydrogen) atoms. The van der Waals surface area contributed by atoms with Crippen molar-refractivity contribution in [1.29, 1.82) is 0 Å². The van der Waals surface area contributed by atoms with Gasteiger partial charge in [0, 0.05) is 23.5 Å². The second-order valence-corrected chi connectivity index (χ2v) is 11.1. The maximum atomic E-state index is 13.4. The molecule has 1 saturated heterocycles. The number of fused-ring (bicyclic) bond motifs is 1. The molecule has 0 bridgehead atoms. The van der Waals surface area contributed by atoms with Crippen molar-refractivity contribution in [2.24, 2.45) is 0 Å². The summed E-state index contributed by atoms with van der Waals surface area (Å²) in [6.07, 6.45) is 2.34. The van der Waals surface area contributed by atoms with E-state index < -0.39 is 9.84 Å². The summed E-state index contributed by atoms with van der Waals surface area (Å²) in [6, 6.07) is 13.8. The van der Waals surface area contributed by atoms with Crippen LogP contribution in [0.4, 0.5) is 0 Å². The Kier molecular flexibility index (Phi) is 5.93. The Morgan fingerprint density at radius 1 is 1.16 bits per heavy atom. The molecule has 0 aliphatic carbocycles. The van der Waals surface area contributed by atoms with E-state index in [0.717, 1.165) is 27.7 Å². The van der Waals surface area contributed by atoms with Crippen LogP contribution in [0.5, 0.6) is 0 Å². The minimum atomic E-state index is -3.10. The van der Waals surface area contributed by atoms with Crippen molar-refractivity contribution in [2.45, 2.75) is 52.1 Å². The third-order valence-electron chi connectivity index (χ3n) is 6.13. The summed E-state index contributed by atoms with van der Waals surface area (Å²) in [6.45, 7) is 6.70. The van der Waals surface area contributed by atoms with E-state index >= 15 is 0 Å². The first kappa shape index (κ1) is 21.6. The SMILES string of the molecule is Cc1ccc(CN(C(=O)Cc2coc3ccc(C(C)C)cc23)C2CCS(=O)(=O)C2)cc1. The third kappa shape index (κ3) is 4.85. The van der Waals surface area contributed by atoms with E-state index in [2.05, 4.69) is 26.0 Å². The summed E-state index contributed by atoms with van der Waals surface area (Å²) in [5.41, 5.74) is 4.96. The highest BCUT2D eigenvalue weighted by Crippen LogP contribution is 2.28. The number of rotatable bonds is 6. The summed E-state index contributed by atoms with van der Waals surface area (Å²) in [5, 5.41) is 0.953. The van der Waals surface area contributed by atoms with Gasteiger partial charge < -0.3 is 9.32 Å². The lowest BCUT2D eigenvalue weighted by Crippen LogP contribution is -2.41. The molecule has 0 spiro atoms. The van der Waals surface area contributed by atoms with Crippen molar-refractivity contribution >= 4 is 26.7 Å². The number of nitrogens with zero attached hydrogens (tertiary/aromatic N) is 1. The molecule has 0 saturated carbocycles. The molecule has 2 aromatic carbocycles. The van der Waals surface area contributed by atoms with Crippen molar-refractivity contribution < 1.29 is 17.6 Å². The molecule has 1 atom stereocenters. The topological polar surface area (TPSA) is 67.6 Å². The van der Waals surface area contributed by atoms with Crippen LogP contribution < -0.4 is 0 Å². The standard InChI is InChI=1S/C25H29NO4S/c1-17(2)20-8-9-24-23(12-20)21(15-30-24)13-25(27)26(22-10-11-31(28,29)16-22)14-19-6-4-18(3)5-7-19/h4-9,12,15,17,22H,10-11,13-14,16H2,1-3H3. The first-order chi connectivity index (χ1) is 14.7. The Labute approximate surface area is 184 Å². The van der Waals surface area contributed by atoms with E-state index in [-0.39, 0.29) is 29.9 Å². The highest BCUT2D eigenvalue weighted by molar-refractivity contribution is 7.91. The molecule has 4 rings (SSSR count). The number of amides is 1. The van der Waals surface area contributed by atoms with Gasteiger partial charge in [0.05, 0.1) is 24.2 Å². The van der Waals surface area contributed by atoms with E-state index in [1.54, 1.807) is 11.2 Å². The van der Waals surface area contributed by atoms with Crippen molar-refractivity contribution in [3.8, 4) is 0 Å². The molecule has 2 heterocycles. The molecule has 164 valence electrons.